The number of ketones is 1. The minimum Gasteiger partial charge on any atom is -0.356 e. The number of halogens is 1. The van der Waals surface area contributed by atoms with Gasteiger partial charge in [-0.05, 0) is 48.8 Å². The number of benzene rings is 2. The Hall–Kier alpha value is -2.04. The Morgan fingerprint density at radius 2 is 2.04 bits per heavy atom. The summed E-state index contributed by atoms with van der Waals surface area (Å²) in [5, 5.41) is 4.64. The van der Waals surface area contributed by atoms with Crippen molar-refractivity contribution in [3.05, 3.63) is 70.4 Å². The van der Waals surface area contributed by atoms with E-state index in [1.165, 1.54) is 0 Å². The number of thioether (sulfide) groups is 1. The van der Waals surface area contributed by atoms with Gasteiger partial charge in [0.25, 0.3) is 0 Å². The fourth-order valence-corrected chi connectivity index (χ4v) is 3.83. The highest BCUT2D eigenvalue weighted by molar-refractivity contribution is 7.98. The van der Waals surface area contributed by atoms with E-state index in [1.807, 2.05) is 36.6 Å². The van der Waals surface area contributed by atoms with Gasteiger partial charge in [-0.25, -0.2) is 0 Å². The first-order chi connectivity index (χ1) is 12.7. The molecule has 4 rings (SSSR count). The Morgan fingerprint density at radius 1 is 1.23 bits per heavy atom. The van der Waals surface area contributed by atoms with Crippen LogP contribution in [-0.4, -0.2) is 17.2 Å². The van der Waals surface area contributed by atoms with Gasteiger partial charge in [-0.1, -0.05) is 47.1 Å². The van der Waals surface area contributed by atoms with Crippen molar-refractivity contribution >= 4 is 29.1 Å². The molecular formula is C21H18ClNO2S. The molecule has 0 N–H and O–H groups in total. The molecular weight excluding hydrogens is 366 g/mol. The molecule has 0 spiro atoms. The molecule has 5 heteroatoms. The van der Waals surface area contributed by atoms with Crippen LogP contribution in [0.4, 0.5) is 0 Å². The van der Waals surface area contributed by atoms with E-state index in [9.17, 15) is 4.79 Å². The molecule has 26 heavy (non-hydrogen) atoms. The molecule has 0 bridgehead atoms. The van der Waals surface area contributed by atoms with Crippen LogP contribution in [0.2, 0.25) is 5.02 Å². The molecule has 0 unspecified atom stereocenters. The van der Waals surface area contributed by atoms with Crippen LogP contribution in [0.25, 0.3) is 11.3 Å². The van der Waals surface area contributed by atoms with Crippen LogP contribution in [0.15, 0.2) is 58.1 Å². The predicted molar refractivity (Wildman–Crippen MR) is 105 cm³/mol. The molecule has 0 saturated heterocycles. The van der Waals surface area contributed by atoms with Gasteiger partial charge in [0.2, 0.25) is 0 Å². The zero-order chi connectivity index (χ0) is 18.1. The summed E-state index contributed by atoms with van der Waals surface area (Å²) < 4.78 is 5.49. The summed E-state index contributed by atoms with van der Waals surface area (Å²) in [7, 11) is 0. The van der Waals surface area contributed by atoms with Gasteiger partial charge in [0.15, 0.2) is 11.5 Å². The minimum absolute atomic E-state index is 0.133. The van der Waals surface area contributed by atoms with Crippen molar-refractivity contribution in [2.24, 2.45) is 5.92 Å². The van der Waals surface area contributed by atoms with E-state index in [0.29, 0.717) is 17.7 Å². The van der Waals surface area contributed by atoms with E-state index in [2.05, 4.69) is 17.3 Å². The van der Waals surface area contributed by atoms with Crippen molar-refractivity contribution in [3.63, 3.8) is 0 Å². The van der Waals surface area contributed by atoms with Crippen LogP contribution in [-0.2, 0) is 6.42 Å². The van der Waals surface area contributed by atoms with Crippen LogP contribution in [0.3, 0.4) is 0 Å². The maximum absolute atomic E-state index is 12.5. The summed E-state index contributed by atoms with van der Waals surface area (Å²) in [6, 6.07) is 14.1. The van der Waals surface area contributed by atoms with Gasteiger partial charge in [0.1, 0.15) is 0 Å². The second-order valence-corrected chi connectivity index (χ2v) is 7.79. The Labute approximate surface area is 161 Å². The average Bonchev–Trinajstić information content (AvgIpc) is 3.40. The highest BCUT2D eigenvalue weighted by Gasteiger charge is 2.33. The number of Topliss-reactive ketones (excluding diaryl/α,β-unsaturated/α-hetero) is 1. The average molecular weight is 384 g/mol. The van der Waals surface area contributed by atoms with Crippen molar-refractivity contribution in [1.29, 1.82) is 0 Å². The Kier molecular flexibility index (Phi) is 4.88. The highest BCUT2D eigenvalue weighted by Crippen LogP contribution is 2.37. The summed E-state index contributed by atoms with van der Waals surface area (Å²) in [4.78, 5) is 13.7. The van der Waals surface area contributed by atoms with Crippen LogP contribution >= 0.6 is 23.4 Å². The first kappa shape index (κ1) is 17.4. The molecule has 132 valence electrons. The van der Waals surface area contributed by atoms with Gasteiger partial charge < -0.3 is 4.52 Å². The second-order valence-electron chi connectivity index (χ2n) is 6.50. The summed E-state index contributed by atoms with van der Waals surface area (Å²) in [5.41, 5.74) is 3.60. The molecule has 1 heterocycles. The van der Waals surface area contributed by atoms with Crippen LogP contribution in [0.5, 0.6) is 0 Å². The summed E-state index contributed by atoms with van der Waals surface area (Å²) >= 11 is 8.13. The Morgan fingerprint density at radius 3 is 2.77 bits per heavy atom. The molecule has 0 radical (unpaired) electrons. The lowest BCUT2D eigenvalue weighted by Crippen LogP contribution is -2.02. The number of hydrogen-bond donors (Lipinski definition) is 0. The van der Waals surface area contributed by atoms with Gasteiger partial charge in [-0.15, -0.1) is 11.8 Å². The largest absolute Gasteiger partial charge is 0.356 e. The van der Waals surface area contributed by atoms with Crippen molar-refractivity contribution in [2.45, 2.75) is 24.2 Å². The maximum atomic E-state index is 12.5. The minimum atomic E-state index is 0.133. The van der Waals surface area contributed by atoms with Crippen LogP contribution in [0.1, 0.15) is 34.3 Å². The lowest BCUT2D eigenvalue weighted by Gasteiger charge is -2.10. The lowest BCUT2D eigenvalue weighted by molar-refractivity contribution is 0.0968. The molecule has 3 aromatic rings. The third kappa shape index (κ3) is 3.44. The third-order valence-corrected chi connectivity index (χ3v) is 5.76. The molecule has 1 aromatic heterocycles. The molecule has 0 amide bonds. The van der Waals surface area contributed by atoms with Gasteiger partial charge >= 0.3 is 0 Å². The van der Waals surface area contributed by atoms with Gasteiger partial charge in [0.05, 0.1) is 11.8 Å². The Balaban J connectivity index is 1.70. The molecule has 3 nitrogen and oxygen atoms in total. The summed E-state index contributed by atoms with van der Waals surface area (Å²) in [6.45, 7) is 0. The monoisotopic (exact) mass is 383 g/mol. The van der Waals surface area contributed by atoms with E-state index < -0.39 is 0 Å². The summed E-state index contributed by atoms with van der Waals surface area (Å²) in [5.74, 6) is 0.835. The fraction of sp³-hybridized carbons (Fsp3) is 0.238. The number of hydrogen-bond acceptors (Lipinski definition) is 4. The van der Waals surface area contributed by atoms with Crippen molar-refractivity contribution in [1.82, 2.24) is 5.16 Å². The van der Waals surface area contributed by atoms with E-state index >= 15 is 0 Å². The highest BCUT2D eigenvalue weighted by atomic mass is 35.5. The fourth-order valence-electron chi connectivity index (χ4n) is 3.07. The lowest BCUT2D eigenvalue weighted by atomic mass is 9.95. The molecule has 1 aliphatic carbocycles. The Bertz CT molecular complexity index is 962. The third-order valence-electron chi connectivity index (χ3n) is 4.69. The molecule has 1 fully saturated rings. The number of rotatable bonds is 6. The molecule has 1 aliphatic rings. The first-order valence-corrected chi connectivity index (χ1v) is 10.2. The zero-order valence-corrected chi connectivity index (χ0v) is 15.9. The number of carbonyl (C=O) groups excluding carboxylic acids is 1. The van der Waals surface area contributed by atoms with E-state index in [-0.39, 0.29) is 11.7 Å². The maximum Gasteiger partial charge on any atom is 0.177 e. The molecule has 0 aliphatic heterocycles. The van der Waals surface area contributed by atoms with Crippen molar-refractivity contribution in [3.8, 4) is 11.3 Å². The smallest absolute Gasteiger partial charge is 0.177 e. The van der Waals surface area contributed by atoms with Crippen molar-refractivity contribution in [2.75, 3.05) is 6.26 Å². The number of nitrogens with zero attached hydrogens (tertiary/aromatic N) is 1. The standard InChI is InChI=1S/C21H18ClNO2S/c1-26-16-9-8-15(19(22)11-16)10-14-4-2-3-5-17(14)21-18(12-23-25-21)20(24)13-6-7-13/h2-5,8-9,11-13H,6-7,10H2,1H3. The topological polar surface area (TPSA) is 43.1 Å². The molecule has 0 atom stereocenters. The summed E-state index contributed by atoms with van der Waals surface area (Å²) in [6.07, 6.45) is 6.17. The molecule has 2 aromatic carbocycles. The zero-order valence-electron chi connectivity index (χ0n) is 14.4. The van der Waals surface area contributed by atoms with E-state index in [4.69, 9.17) is 16.1 Å². The SMILES string of the molecule is CSc1ccc(Cc2ccccc2-c2oncc2C(=O)C2CC2)c(Cl)c1. The van der Waals surface area contributed by atoms with Crippen molar-refractivity contribution < 1.29 is 9.32 Å². The number of carbonyl (C=O) groups is 1. The van der Waals surface area contributed by atoms with E-state index in [1.54, 1.807) is 18.0 Å². The first-order valence-electron chi connectivity index (χ1n) is 8.57. The number of aromatic nitrogens is 1. The van der Waals surface area contributed by atoms with Crippen LogP contribution in [0, 0.1) is 5.92 Å². The second kappa shape index (κ2) is 7.29. The van der Waals surface area contributed by atoms with E-state index in [0.717, 1.165) is 39.5 Å². The van der Waals surface area contributed by atoms with Crippen LogP contribution < -0.4 is 0 Å². The quantitative estimate of drug-likeness (QED) is 0.392. The van der Waals surface area contributed by atoms with Gasteiger partial charge in [-0.3, -0.25) is 4.79 Å². The van der Waals surface area contributed by atoms with Gasteiger partial charge in [0, 0.05) is 21.4 Å². The predicted octanol–water partition coefficient (Wildman–Crippen LogP) is 5.90. The molecule has 1 saturated carbocycles. The van der Waals surface area contributed by atoms with Gasteiger partial charge in [-0.2, -0.15) is 0 Å². The normalized spacial score (nSPS) is 13.8.